The third-order valence-electron chi connectivity index (χ3n) is 6.34. The van der Waals surface area contributed by atoms with E-state index in [-0.39, 0.29) is 18.0 Å². The number of quaternary nitrogens is 1. The minimum absolute atomic E-state index is 0. The molecule has 0 spiro atoms. The van der Waals surface area contributed by atoms with E-state index in [4.69, 9.17) is 4.98 Å². The fourth-order valence-electron chi connectivity index (χ4n) is 4.35. The lowest BCUT2D eigenvalue weighted by Crippen LogP contribution is -3.00. The zero-order chi connectivity index (χ0) is 23.7. The quantitative estimate of drug-likeness (QED) is 0.405. The molecule has 0 aliphatic heterocycles. The van der Waals surface area contributed by atoms with Crippen LogP contribution >= 0.6 is 0 Å². The Kier molecular flexibility index (Phi) is 7.15. The van der Waals surface area contributed by atoms with Crippen molar-refractivity contribution >= 4 is 10.9 Å². The van der Waals surface area contributed by atoms with E-state index in [1.165, 1.54) is 11.1 Å². The molecule has 5 aromatic rings. The highest BCUT2D eigenvalue weighted by atomic mass is 35.5. The van der Waals surface area contributed by atoms with Gasteiger partial charge in [0, 0.05) is 28.5 Å². The minimum Gasteiger partial charge on any atom is -1.00 e. The summed E-state index contributed by atoms with van der Waals surface area (Å²) in [6, 6.07) is 28.9. The van der Waals surface area contributed by atoms with Gasteiger partial charge in [-0.2, -0.15) is 0 Å². The SMILES string of the molecule is CC(C)c1cccc(-c2c[nH]c(=O)c3cc(-c4ccccc4)c(-c4ccc(C[NH3+])cc4)nc23)c1.[Cl-]. The fraction of sp³-hybridized carbons (Fsp3) is 0.133. The van der Waals surface area contributed by atoms with Crippen molar-refractivity contribution in [3.05, 3.63) is 113 Å². The van der Waals surface area contributed by atoms with Crippen LogP contribution in [0.1, 0.15) is 30.9 Å². The average molecular weight is 482 g/mol. The first-order valence-corrected chi connectivity index (χ1v) is 11.7. The van der Waals surface area contributed by atoms with E-state index in [2.05, 4.69) is 85.2 Å². The Morgan fingerprint density at radius 1 is 0.829 bits per heavy atom. The number of pyridine rings is 2. The van der Waals surface area contributed by atoms with Gasteiger partial charge in [0.05, 0.1) is 23.1 Å². The summed E-state index contributed by atoms with van der Waals surface area (Å²) in [5.41, 5.74) is 12.8. The van der Waals surface area contributed by atoms with Gasteiger partial charge in [-0.3, -0.25) is 4.79 Å². The molecule has 0 aliphatic rings. The van der Waals surface area contributed by atoms with Crippen LogP contribution in [-0.4, -0.2) is 9.97 Å². The Bertz CT molecular complexity index is 1520. The molecule has 0 atom stereocenters. The van der Waals surface area contributed by atoms with Crippen LogP contribution in [-0.2, 0) is 6.54 Å². The first kappa shape index (κ1) is 24.4. The Morgan fingerprint density at radius 2 is 1.54 bits per heavy atom. The lowest BCUT2D eigenvalue weighted by Gasteiger charge is -2.14. The Labute approximate surface area is 211 Å². The molecule has 0 bridgehead atoms. The lowest BCUT2D eigenvalue weighted by atomic mass is 9.94. The molecule has 2 heterocycles. The number of H-pyrrole nitrogens is 1. The largest absolute Gasteiger partial charge is 1.00 e. The van der Waals surface area contributed by atoms with Crippen molar-refractivity contribution in [1.82, 2.24) is 9.97 Å². The van der Waals surface area contributed by atoms with Crippen LogP contribution in [0.25, 0.3) is 44.4 Å². The smallest absolute Gasteiger partial charge is 0.257 e. The van der Waals surface area contributed by atoms with Gasteiger partial charge >= 0.3 is 0 Å². The van der Waals surface area contributed by atoms with Gasteiger partial charge in [0.2, 0.25) is 0 Å². The van der Waals surface area contributed by atoms with E-state index in [0.717, 1.165) is 40.1 Å². The summed E-state index contributed by atoms with van der Waals surface area (Å²) in [4.78, 5) is 21.0. The molecule has 5 rings (SSSR count). The topological polar surface area (TPSA) is 73.4 Å². The molecule has 0 aliphatic carbocycles. The molecule has 5 heteroatoms. The van der Waals surface area contributed by atoms with Crippen molar-refractivity contribution < 1.29 is 18.1 Å². The van der Waals surface area contributed by atoms with E-state index in [0.29, 0.717) is 16.8 Å². The van der Waals surface area contributed by atoms with Gasteiger partial charge in [-0.1, -0.05) is 92.7 Å². The van der Waals surface area contributed by atoms with Gasteiger partial charge in [-0.05, 0) is 28.7 Å². The molecule has 2 aromatic heterocycles. The maximum absolute atomic E-state index is 12.9. The van der Waals surface area contributed by atoms with Gasteiger partial charge in [0.15, 0.2) is 0 Å². The van der Waals surface area contributed by atoms with Crippen LogP contribution in [0.15, 0.2) is 95.9 Å². The molecule has 0 radical (unpaired) electrons. The zero-order valence-electron chi connectivity index (χ0n) is 19.9. The molecule has 0 fully saturated rings. The summed E-state index contributed by atoms with van der Waals surface area (Å²) in [6.45, 7) is 5.10. The number of nitrogens with zero attached hydrogens (tertiary/aromatic N) is 1. The highest BCUT2D eigenvalue weighted by Gasteiger charge is 2.16. The second-order valence-electron chi connectivity index (χ2n) is 8.91. The van der Waals surface area contributed by atoms with Crippen molar-refractivity contribution in [3.8, 4) is 33.5 Å². The van der Waals surface area contributed by atoms with Crippen molar-refractivity contribution in [2.75, 3.05) is 0 Å². The summed E-state index contributed by atoms with van der Waals surface area (Å²) in [5.74, 6) is 0.411. The first-order chi connectivity index (χ1) is 16.5. The average Bonchev–Trinajstić information content (AvgIpc) is 2.89. The van der Waals surface area contributed by atoms with Gasteiger partial charge < -0.3 is 23.1 Å². The fourth-order valence-corrected chi connectivity index (χ4v) is 4.35. The highest BCUT2D eigenvalue weighted by Crippen LogP contribution is 2.35. The van der Waals surface area contributed by atoms with Crippen LogP contribution in [0.4, 0.5) is 0 Å². The van der Waals surface area contributed by atoms with Crippen LogP contribution in [0, 0.1) is 0 Å². The van der Waals surface area contributed by atoms with E-state index in [9.17, 15) is 4.79 Å². The number of fused-ring (bicyclic) bond motifs is 1. The van der Waals surface area contributed by atoms with Crippen LogP contribution < -0.4 is 23.7 Å². The summed E-state index contributed by atoms with van der Waals surface area (Å²) in [6.07, 6.45) is 1.79. The number of hydrogen-bond acceptors (Lipinski definition) is 2. The van der Waals surface area contributed by atoms with Gasteiger partial charge in [-0.25, -0.2) is 4.98 Å². The second kappa shape index (κ2) is 10.3. The maximum atomic E-state index is 12.9. The molecule has 0 saturated heterocycles. The Hall–Kier alpha value is -3.73. The van der Waals surface area contributed by atoms with E-state index in [1.807, 2.05) is 24.3 Å². The molecule has 176 valence electrons. The van der Waals surface area contributed by atoms with Gasteiger partial charge in [0.1, 0.15) is 0 Å². The summed E-state index contributed by atoms with van der Waals surface area (Å²) in [5, 5.41) is 0.587. The molecular weight excluding hydrogens is 454 g/mol. The summed E-state index contributed by atoms with van der Waals surface area (Å²) < 4.78 is 0. The lowest BCUT2D eigenvalue weighted by molar-refractivity contribution is -0.386. The molecule has 0 amide bonds. The van der Waals surface area contributed by atoms with Crippen LogP contribution in [0.3, 0.4) is 0 Å². The number of nitrogens with one attached hydrogen (secondary N) is 1. The van der Waals surface area contributed by atoms with Crippen molar-refractivity contribution in [2.45, 2.75) is 26.3 Å². The Balaban J connectivity index is 0.00000289. The van der Waals surface area contributed by atoms with Gasteiger partial charge in [0.25, 0.3) is 5.56 Å². The molecule has 4 nitrogen and oxygen atoms in total. The maximum Gasteiger partial charge on any atom is 0.257 e. The molecule has 0 unspecified atom stereocenters. The van der Waals surface area contributed by atoms with Crippen LogP contribution in [0.2, 0.25) is 0 Å². The molecule has 35 heavy (non-hydrogen) atoms. The highest BCUT2D eigenvalue weighted by molar-refractivity contribution is 5.98. The monoisotopic (exact) mass is 481 g/mol. The molecule has 0 saturated carbocycles. The van der Waals surface area contributed by atoms with E-state index < -0.39 is 0 Å². The third kappa shape index (κ3) is 4.76. The third-order valence-corrected chi connectivity index (χ3v) is 6.34. The predicted octanol–water partition coefficient (Wildman–Crippen LogP) is 2.79. The molecule has 3 aromatic carbocycles. The Morgan fingerprint density at radius 3 is 2.23 bits per heavy atom. The second-order valence-corrected chi connectivity index (χ2v) is 8.91. The van der Waals surface area contributed by atoms with Crippen LogP contribution in [0.5, 0.6) is 0 Å². The number of aromatic nitrogens is 2. The number of hydrogen-bond donors (Lipinski definition) is 2. The van der Waals surface area contributed by atoms with Crippen molar-refractivity contribution in [3.63, 3.8) is 0 Å². The minimum atomic E-state index is -0.137. The summed E-state index contributed by atoms with van der Waals surface area (Å²) in [7, 11) is 0. The normalized spacial score (nSPS) is 11.0. The predicted molar refractivity (Wildman–Crippen MR) is 139 cm³/mol. The molecular formula is C30H28ClN3O. The zero-order valence-corrected chi connectivity index (χ0v) is 20.6. The van der Waals surface area contributed by atoms with Crippen molar-refractivity contribution in [1.29, 1.82) is 0 Å². The van der Waals surface area contributed by atoms with Crippen molar-refractivity contribution in [2.24, 2.45) is 0 Å². The summed E-state index contributed by atoms with van der Waals surface area (Å²) >= 11 is 0. The van der Waals surface area contributed by atoms with E-state index in [1.54, 1.807) is 6.20 Å². The number of aromatic amines is 1. The van der Waals surface area contributed by atoms with E-state index >= 15 is 0 Å². The standard InChI is InChI=1S/C30H27N3O.ClH/c1-19(2)23-9-6-10-24(15-23)27-18-32-30(34)26-16-25(21-7-4-3-5-8-21)28(33-29(26)27)22-13-11-20(17-31)12-14-22;/h3-16,18-19H,17,31H2,1-2H3,(H,32,34);1H. The number of rotatable bonds is 5. The molecule has 4 N–H and O–H groups in total. The number of benzene rings is 3. The first-order valence-electron chi connectivity index (χ1n) is 11.7. The number of halogens is 1. The van der Waals surface area contributed by atoms with Gasteiger partial charge in [-0.15, -0.1) is 0 Å².